The number of ether oxygens (including phenoxy) is 1. The van der Waals surface area contributed by atoms with Gasteiger partial charge in [-0.2, -0.15) is 20.7 Å². The summed E-state index contributed by atoms with van der Waals surface area (Å²) in [7, 11) is 0. The molecule has 2 aliphatic rings. The molecule has 9 heteroatoms. The van der Waals surface area contributed by atoms with Crippen molar-refractivity contribution in [1.29, 1.82) is 10.5 Å². The fourth-order valence-electron chi connectivity index (χ4n) is 5.00. The highest BCUT2D eigenvalue weighted by atomic mass is 16.5. The van der Waals surface area contributed by atoms with Crippen molar-refractivity contribution in [1.82, 2.24) is 0 Å². The minimum atomic E-state index is -0.316. The molecule has 228 valence electrons. The maximum Gasteiger partial charge on any atom is 0.213 e. The summed E-state index contributed by atoms with van der Waals surface area (Å²) in [6.45, 7) is 4.54. The van der Waals surface area contributed by atoms with E-state index in [-0.39, 0.29) is 36.1 Å². The van der Waals surface area contributed by atoms with E-state index in [4.69, 9.17) is 4.74 Å². The van der Waals surface area contributed by atoms with Gasteiger partial charge in [0.05, 0.1) is 47.7 Å². The van der Waals surface area contributed by atoms with Gasteiger partial charge < -0.3 is 4.74 Å². The van der Waals surface area contributed by atoms with Gasteiger partial charge in [0.15, 0.2) is 0 Å². The third-order valence-electron chi connectivity index (χ3n) is 7.60. The summed E-state index contributed by atoms with van der Waals surface area (Å²) in [4.78, 5) is 26.7. The van der Waals surface area contributed by atoms with E-state index in [0.717, 1.165) is 22.5 Å². The summed E-state index contributed by atoms with van der Waals surface area (Å²) in [6, 6.07) is 33.0. The molecule has 2 heterocycles. The van der Waals surface area contributed by atoms with Gasteiger partial charge in [-0.1, -0.05) is 35.4 Å². The lowest BCUT2D eigenvalue weighted by Crippen LogP contribution is -2.28. The molecule has 0 saturated carbocycles. The highest BCUT2D eigenvalue weighted by Gasteiger charge is 2.23. The van der Waals surface area contributed by atoms with E-state index in [1.165, 1.54) is 12.2 Å². The molecule has 0 unspecified atom stereocenters. The molecule has 0 spiro atoms. The lowest BCUT2D eigenvalue weighted by atomic mass is 10.0. The van der Waals surface area contributed by atoms with E-state index < -0.39 is 0 Å². The molecular weight excluding hydrogens is 588 g/mol. The molecule has 0 aromatic heterocycles. The summed E-state index contributed by atoms with van der Waals surface area (Å²) in [6.07, 6.45) is 3.05. The lowest BCUT2D eigenvalue weighted by molar-refractivity contribution is 0.105. The standard InChI is InChI=1S/C38H28N6O3/c1-25-3-11-31(12-4-25)43-23-27(21-39)19-35(41-43)37(45)29-7-15-33(16-8-29)47-34-17-9-30(10-18-34)38(46)36-20-28(22-40)24-44(42-36)32-13-5-26(2)6-14-32/h3-20H,23-24H2,1-2H3. The van der Waals surface area contributed by atoms with Crippen LogP contribution in [-0.4, -0.2) is 36.1 Å². The molecule has 2 aliphatic heterocycles. The number of benzene rings is 4. The molecule has 6 rings (SSSR count). The van der Waals surface area contributed by atoms with Crippen LogP contribution in [0.3, 0.4) is 0 Å². The molecule has 0 aliphatic carbocycles. The SMILES string of the molecule is Cc1ccc(N2CC(C#N)=CC(C(=O)c3ccc(Oc4ccc(C(=O)C5=NN(c6ccc(C)cc6)CC(C#N)=C5)cc4)cc3)=N2)cc1. The number of allylic oxidation sites excluding steroid dienone is 2. The number of nitrogens with zero attached hydrogens (tertiary/aromatic N) is 6. The van der Waals surface area contributed by atoms with Gasteiger partial charge in [0.1, 0.15) is 22.9 Å². The minimum absolute atomic E-state index is 0.170. The molecule has 0 fully saturated rings. The van der Waals surface area contributed by atoms with Crippen LogP contribution in [0.15, 0.2) is 131 Å². The second kappa shape index (κ2) is 13.2. The molecule has 47 heavy (non-hydrogen) atoms. The number of rotatable bonds is 8. The number of hydrazone groups is 2. The molecular formula is C38H28N6O3. The first-order valence-electron chi connectivity index (χ1n) is 14.8. The zero-order chi connectivity index (χ0) is 32.9. The molecule has 9 nitrogen and oxygen atoms in total. The summed E-state index contributed by atoms with van der Waals surface area (Å²) >= 11 is 0. The van der Waals surface area contributed by atoms with Gasteiger partial charge in [-0.3, -0.25) is 19.6 Å². The molecule has 0 N–H and O–H groups in total. The van der Waals surface area contributed by atoms with Gasteiger partial charge in [0.25, 0.3) is 0 Å². The third kappa shape index (κ3) is 6.90. The first-order chi connectivity index (χ1) is 22.8. The van der Waals surface area contributed by atoms with Gasteiger partial charge >= 0.3 is 0 Å². The molecule has 0 bridgehead atoms. The van der Waals surface area contributed by atoms with Crippen molar-refractivity contribution in [2.45, 2.75) is 13.8 Å². The van der Waals surface area contributed by atoms with E-state index in [0.29, 0.717) is 33.8 Å². The maximum absolute atomic E-state index is 13.3. The molecule has 4 aromatic carbocycles. The summed E-state index contributed by atoms with van der Waals surface area (Å²) in [5.41, 5.74) is 5.78. The van der Waals surface area contributed by atoms with Crippen LogP contribution in [0.2, 0.25) is 0 Å². The van der Waals surface area contributed by atoms with Gasteiger partial charge in [-0.05, 0) is 98.8 Å². The van der Waals surface area contributed by atoms with Crippen LogP contribution in [-0.2, 0) is 0 Å². The number of carbonyl (C=O) groups is 2. The van der Waals surface area contributed by atoms with Crippen LogP contribution >= 0.6 is 0 Å². The lowest BCUT2D eigenvalue weighted by Gasteiger charge is -2.23. The van der Waals surface area contributed by atoms with E-state index in [1.807, 2.05) is 62.4 Å². The van der Waals surface area contributed by atoms with Crippen LogP contribution in [0.1, 0.15) is 31.8 Å². The number of carbonyl (C=O) groups excluding carboxylic acids is 2. The number of anilines is 2. The highest BCUT2D eigenvalue weighted by Crippen LogP contribution is 2.26. The van der Waals surface area contributed by atoms with Crippen molar-refractivity contribution in [3.8, 4) is 23.6 Å². The average Bonchev–Trinajstić information content (AvgIpc) is 3.11. The van der Waals surface area contributed by atoms with E-state index in [2.05, 4.69) is 22.3 Å². The van der Waals surface area contributed by atoms with E-state index in [1.54, 1.807) is 58.5 Å². The monoisotopic (exact) mass is 616 g/mol. The Hall–Kier alpha value is -6.58. The van der Waals surface area contributed by atoms with Crippen molar-refractivity contribution in [2.75, 3.05) is 23.1 Å². The Morgan fingerprint density at radius 1 is 0.596 bits per heavy atom. The highest BCUT2D eigenvalue weighted by molar-refractivity contribution is 6.50. The number of aryl methyl sites for hydroxylation is 2. The van der Waals surface area contributed by atoms with E-state index in [9.17, 15) is 20.1 Å². The molecule has 4 aromatic rings. The Morgan fingerprint density at radius 2 is 0.957 bits per heavy atom. The number of hydrogen-bond acceptors (Lipinski definition) is 9. The van der Waals surface area contributed by atoms with Crippen molar-refractivity contribution >= 4 is 34.4 Å². The smallest absolute Gasteiger partial charge is 0.213 e. The second-order valence-electron chi connectivity index (χ2n) is 11.1. The van der Waals surface area contributed by atoms with Crippen molar-refractivity contribution in [2.24, 2.45) is 10.2 Å². The van der Waals surface area contributed by atoms with Crippen LogP contribution in [0.25, 0.3) is 0 Å². The van der Waals surface area contributed by atoms with Crippen LogP contribution in [0.4, 0.5) is 11.4 Å². The van der Waals surface area contributed by atoms with Crippen LogP contribution in [0, 0.1) is 36.5 Å². The molecule has 0 amide bonds. The predicted octanol–water partition coefficient (Wildman–Crippen LogP) is 7.11. The van der Waals surface area contributed by atoms with Gasteiger partial charge in [0, 0.05) is 11.1 Å². The fourth-order valence-corrected chi connectivity index (χ4v) is 5.00. The summed E-state index contributed by atoms with van der Waals surface area (Å²) < 4.78 is 5.97. The number of nitriles is 2. The van der Waals surface area contributed by atoms with Crippen molar-refractivity contribution in [3.05, 3.63) is 143 Å². The topological polar surface area (TPSA) is 122 Å². The first kappa shape index (κ1) is 30.4. The van der Waals surface area contributed by atoms with Gasteiger partial charge in [-0.25, -0.2) is 0 Å². The number of ketones is 2. The zero-order valence-corrected chi connectivity index (χ0v) is 25.7. The largest absolute Gasteiger partial charge is 0.457 e. The maximum atomic E-state index is 13.3. The Kier molecular flexibility index (Phi) is 8.54. The Labute approximate surface area is 272 Å². The normalized spacial score (nSPS) is 14.1. The fraction of sp³-hybridized carbons (Fsp3) is 0.105. The molecule has 0 saturated heterocycles. The quantitative estimate of drug-likeness (QED) is 0.193. The van der Waals surface area contributed by atoms with E-state index >= 15 is 0 Å². The minimum Gasteiger partial charge on any atom is -0.457 e. The van der Waals surface area contributed by atoms with Gasteiger partial charge in [0.2, 0.25) is 11.6 Å². The Morgan fingerprint density at radius 3 is 1.30 bits per heavy atom. The predicted molar refractivity (Wildman–Crippen MR) is 181 cm³/mol. The second-order valence-corrected chi connectivity index (χ2v) is 11.1. The Bertz CT molecular complexity index is 1910. The summed E-state index contributed by atoms with van der Waals surface area (Å²) in [5, 5.41) is 31.5. The Balaban J connectivity index is 1.14. The third-order valence-corrected chi connectivity index (χ3v) is 7.60. The van der Waals surface area contributed by atoms with Crippen LogP contribution < -0.4 is 14.8 Å². The van der Waals surface area contributed by atoms with Crippen LogP contribution in [0.5, 0.6) is 11.5 Å². The molecule has 0 radical (unpaired) electrons. The number of Topliss-reactive ketones (excluding diaryl/α,β-unsaturated/α-hetero) is 2. The number of hydrogen-bond donors (Lipinski definition) is 0. The molecule has 0 atom stereocenters. The van der Waals surface area contributed by atoms with Crippen molar-refractivity contribution < 1.29 is 14.3 Å². The van der Waals surface area contributed by atoms with Crippen molar-refractivity contribution in [3.63, 3.8) is 0 Å². The summed E-state index contributed by atoms with van der Waals surface area (Å²) in [5.74, 6) is 0.355. The zero-order valence-electron chi connectivity index (χ0n) is 25.7. The van der Waals surface area contributed by atoms with Gasteiger partial charge in [-0.15, -0.1) is 0 Å². The first-order valence-corrected chi connectivity index (χ1v) is 14.8. The average molecular weight is 617 g/mol.